The second kappa shape index (κ2) is 9.39. The summed E-state index contributed by atoms with van der Waals surface area (Å²) >= 11 is 11.8. The molecule has 0 bridgehead atoms. The van der Waals surface area contributed by atoms with E-state index in [1.807, 2.05) is 6.92 Å². The molecule has 0 saturated heterocycles. The molecule has 0 saturated carbocycles. The molecular weight excluding hydrogens is 391 g/mol. The number of benzene rings is 2. The van der Waals surface area contributed by atoms with Gasteiger partial charge in [0.25, 0.3) is 11.8 Å². The standard InChI is InChI=1S/C19H18Cl2N2O4/c1-11-3-8-15(9-16(11)21)23-18(25)12(2)27-17(24)10-22-19(26)13-4-6-14(20)7-5-13/h3-9,12H,10H2,1-2H3,(H,22,26)(H,23,25)/t12-/m1/s1. The van der Waals surface area contributed by atoms with Crippen LogP contribution in [0.2, 0.25) is 10.0 Å². The third-order valence-electron chi connectivity index (χ3n) is 3.62. The van der Waals surface area contributed by atoms with Gasteiger partial charge in [0, 0.05) is 21.3 Å². The number of esters is 1. The highest BCUT2D eigenvalue weighted by Crippen LogP contribution is 2.20. The van der Waals surface area contributed by atoms with E-state index in [1.165, 1.54) is 19.1 Å². The number of nitrogens with one attached hydrogen (secondary N) is 2. The van der Waals surface area contributed by atoms with Crippen molar-refractivity contribution in [1.82, 2.24) is 5.32 Å². The summed E-state index contributed by atoms with van der Waals surface area (Å²) in [5, 5.41) is 6.05. The summed E-state index contributed by atoms with van der Waals surface area (Å²) in [7, 11) is 0. The van der Waals surface area contributed by atoms with Gasteiger partial charge in [0.15, 0.2) is 6.10 Å². The van der Waals surface area contributed by atoms with Crippen LogP contribution < -0.4 is 10.6 Å². The number of amides is 2. The van der Waals surface area contributed by atoms with Gasteiger partial charge in [0.1, 0.15) is 6.54 Å². The van der Waals surface area contributed by atoms with Gasteiger partial charge in [-0.25, -0.2) is 0 Å². The van der Waals surface area contributed by atoms with Crippen LogP contribution in [0.25, 0.3) is 0 Å². The summed E-state index contributed by atoms with van der Waals surface area (Å²) in [6.07, 6.45) is -1.04. The maximum absolute atomic E-state index is 12.1. The molecule has 0 spiro atoms. The Bertz CT molecular complexity index is 853. The van der Waals surface area contributed by atoms with E-state index in [0.717, 1.165) is 5.56 Å². The molecule has 2 amide bonds. The maximum atomic E-state index is 12.1. The van der Waals surface area contributed by atoms with E-state index in [-0.39, 0.29) is 6.54 Å². The van der Waals surface area contributed by atoms with E-state index in [0.29, 0.717) is 21.3 Å². The Morgan fingerprint density at radius 3 is 2.37 bits per heavy atom. The van der Waals surface area contributed by atoms with Crippen LogP contribution in [-0.2, 0) is 14.3 Å². The van der Waals surface area contributed by atoms with Crippen molar-refractivity contribution in [3.8, 4) is 0 Å². The molecule has 6 nitrogen and oxygen atoms in total. The van der Waals surface area contributed by atoms with Crippen LogP contribution in [0, 0.1) is 6.92 Å². The maximum Gasteiger partial charge on any atom is 0.326 e. The molecular formula is C19H18Cl2N2O4. The molecule has 2 aromatic rings. The zero-order chi connectivity index (χ0) is 20.0. The van der Waals surface area contributed by atoms with Gasteiger partial charge in [-0.1, -0.05) is 29.3 Å². The van der Waals surface area contributed by atoms with Crippen molar-refractivity contribution in [2.75, 3.05) is 11.9 Å². The Morgan fingerprint density at radius 1 is 1.07 bits per heavy atom. The van der Waals surface area contributed by atoms with Gasteiger partial charge in [0.2, 0.25) is 0 Å². The Morgan fingerprint density at radius 2 is 1.74 bits per heavy atom. The molecule has 0 unspecified atom stereocenters. The van der Waals surface area contributed by atoms with E-state index in [2.05, 4.69) is 10.6 Å². The molecule has 0 aromatic heterocycles. The largest absolute Gasteiger partial charge is 0.451 e. The van der Waals surface area contributed by atoms with E-state index in [9.17, 15) is 14.4 Å². The van der Waals surface area contributed by atoms with Crippen molar-refractivity contribution in [2.24, 2.45) is 0 Å². The molecule has 8 heteroatoms. The number of rotatable bonds is 6. The molecule has 0 aliphatic rings. The molecule has 0 aliphatic heterocycles. The third kappa shape index (κ3) is 6.27. The van der Waals surface area contributed by atoms with Crippen LogP contribution in [0.1, 0.15) is 22.8 Å². The lowest BCUT2D eigenvalue weighted by Gasteiger charge is -2.14. The smallest absolute Gasteiger partial charge is 0.326 e. The van der Waals surface area contributed by atoms with Gasteiger partial charge in [0.05, 0.1) is 0 Å². The second-order valence-corrected chi connectivity index (χ2v) is 6.62. The minimum absolute atomic E-state index is 0.356. The van der Waals surface area contributed by atoms with Crippen molar-refractivity contribution in [1.29, 1.82) is 0 Å². The fraction of sp³-hybridized carbons (Fsp3) is 0.211. The summed E-state index contributed by atoms with van der Waals surface area (Å²) < 4.78 is 5.02. The zero-order valence-electron chi connectivity index (χ0n) is 14.7. The quantitative estimate of drug-likeness (QED) is 0.714. The average molecular weight is 409 g/mol. The molecule has 0 aliphatic carbocycles. The summed E-state index contributed by atoms with van der Waals surface area (Å²) in [5.41, 5.74) is 1.73. The van der Waals surface area contributed by atoms with Crippen molar-refractivity contribution in [3.05, 3.63) is 63.6 Å². The fourth-order valence-corrected chi connectivity index (χ4v) is 2.37. The lowest BCUT2D eigenvalue weighted by molar-refractivity contribution is -0.152. The molecule has 142 valence electrons. The topological polar surface area (TPSA) is 84.5 Å². The van der Waals surface area contributed by atoms with Crippen LogP contribution in [0.3, 0.4) is 0 Å². The molecule has 27 heavy (non-hydrogen) atoms. The number of aryl methyl sites for hydroxylation is 1. The first-order valence-corrected chi connectivity index (χ1v) is 8.82. The summed E-state index contributed by atoms with van der Waals surface area (Å²) in [4.78, 5) is 35.9. The third-order valence-corrected chi connectivity index (χ3v) is 4.28. The van der Waals surface area contributed by atoms with Crippen molar-refractivity contribution < 1.29 is 19.1 Å². The fourth-order valence-electron chi connectivity index (χ4n) is 2.06. The average Bonchev–Trinajstić information content (AvgIpc) is 2.63. The van der Waals surface area contributed by atoms with Gasteiger partial charge in [-0.3, -0.25) is 14.4 Å². The summed E-state index contributed by atoms with van der Waals surface area (Å²) in [5.74, 6) is -1.69. The minimum atomic E-state index is -1.04. The van der Waals surface area contributed by atoms with Crippen molar-refractivity contribution in [3.63, 3.8) is 0 Å². The van der Waals surface area contributed by atoms with E-state index in [1.54, 1.807) is 30.3 Å². The molecule has 2 rings (SSSR count). The SMILES string of the molecule is Cc1ccc(NC(=O)[C@@H](C)OC(=O)CNC(=O)c2ccc(Cl)cc2)cc1Cl. The predicted molar refractivity (Wildman–Crippen MR) is 104 cm³/mol. The van der Waals surface area contributed by atoms with Gasteiger partial charge in [-0.2, -0.15) is 0 Å². The van der Waals surface area contributed by atoms with Gasteiger partial charge in [-0.15, -0.1) is 0 Å². The van der Waals surface area contributed by atoms with Crippen LogP contribution in [0.5, 0.6) is 0 Å². The lowest BCUT2D eigenvalue weighted by atomic mass is 10.2. The summed E-state index contributed by atoms with van der Waals surface area (Å²) in [6.45, 7) is 2.91. The van der Waals surface area contributed by atoms with Crippen LogP contribution in [-0.4, -0.2) is 30.4 Å². The van der Waals surface area contributed by atoms with E-state index >= 15 is 0 Å². The number of hydrogen-bond acceptors (Lipinski definition) is 4. The molecule has 0 fully saturated rings. The Hall–Kier alpha value is -2.57. The van der Waals surface area contributed by atoms with E-state index < -0.39 is 23.9 Å². The van der Waals surface area contributed by atoms with Crippen LogP contribution >= 0.6 is 23.2 Å². The first-order valence-electron chi connectivity index (χ1n) is 8.06. The molecule has 2 aromatic carbocycles. The Labute approximate surface area is 166 Å². The second-order valence-electron chi connectivity index (χ2n) is 5.77. The number of anilines is 1. The number of hydrogen-bond donors (Lipinski definition) is 2. The highest BCUT2D eigenvalue weighted by Gasteiger charge is 2.19. The number of ether oxygens (including phenoxy) is 1. The monoisotopic (exact) mass is 408 g/mol. The first kappa shape index (κ1) is 20.7. The first-order chi connectivity index (χ1) is 12.8. The minimum Gasteiger partial charge on any atom is -0.451 e. The zero-order valence-corrected chi connectivity index (χ0v) is 16.2. The number of carbonyl (C=O) groups excluding carboxylic acids is 3. The van der Waals surface area contributed by atoms with E-state index in [4.69, 9.17) is 27.9 Å². The van der Waals surface area contributed by atoms with Gasteiger partial charge in [-0.05, 0) is 55.8 Å². The lowest BCUT2D eigenvalue weighted by Crippen LogP contribution is -2.35. The van der Waals surface area contributed by atoms with Crippen LogP contribution in [0.4, 0.5) is 5.69 Å². The highest BCUT2D eigenvalue weighted by molar-refractivity contribution is 6.31. The van der Waals surface area contributed by atoms with Crippen molar-refractivity contribution in [2.45, 2.75) is 20.0 Å². The number of halogens is 2. The Kier molecular flexibility index (Phi) is 7.21. The molecule has 0 heterocycles. The molecule has 2 N–H and O–H groups in total. The highest BCUT2D eigenvalue weighted by atomic mass is 35.5. The van der Waals surface area contributed by atoms with Crippen LogP contribution in [0.15, 0.2) is 42.5 Å². The van der Waals surface area contributed by atoms with Gasteiger partial charge < -0.3 is 15.4 Å². The summed E-state index contributed by atoms with van der Waals surface area (Å²) in [6, 6.07) is 11.3. The normalized spacial score (nSPS) is 11.4. The molecule has 1 atom stereocenters. The molecule has 0 radical (unpaired) electrons. The Balaban J connectivity index is 1.81. The van der Waals surface area contributed by atoms with Crippen molar-refractivity contribution >= 4 is 46.7 Å². The predicted octanol–water partition coefficient (Wildman–Crippen LogP) is 3.60. The van der Waals surface area contributed by atoms with Gasteiger partial charge >= 0.3 is 5.97 Å². The number of carbonyl (C=O) groups is 3.